The first kappa shape index (κ1) is 12.8. The summed E-state index contributed by atoms with van der Waals surface area (Å²) in [6, 6.07) is 0. The van der Waals surface area contributed by atoms with Crippen molar-refractivity contribution in [1.29, 1.82) is 0 Å². The Balaban J connectivity index is 1.65. The van der Waals surface area contributed by atoms with Crippen LogP contribution in [-0.2, 0) is 19.2 Å². The predicted octanol–water partition coefficient (Wildman–Crippen LogP) is -0.241. The quantitative estimate of drug-likeness (QED) is 0.707. The second kappa shape index (κ2) is 5.81. The molecular weight excluding hydrogens is 240 g/mol. The molecule has 1 amide bonds. The summed E-state index contributed by atoms with van der Waals surface area (Å²) in [7, 11) is 0. The monoisotopic (exact) mass is 256 g/mol. The minimum absolute atomic E-state index is 0.0215. The van der Waals surface area contributed by atoms with Crippen molar-refractivity contribution in [3.8, 4) is 0 Å². The van der Waals surface area contributed by atoms with Gasteiger partial charge in [0, 0.05) is 26.2 Å². The van der Waals surface area contributed by atoms with Crippen LogP contribution >= 0.6 is 0 Å². The summed E-state index contributed by atoms with van der Waals surface area (Å²) in [4.78, 5) is 27.0. The number of hydrogen-bond acceptors (Lipinski definition) is 5. The maximum atomic E-state index is 11.7. The van der Waals surface area contributed by atoms with E-state index in [1.807, 2.05) is 0 Å². The van der Waals surface area contributed by atoms with Crippen LogP contribution in [0.1, 0.15) is 19.3 Å². The van der Waals surface area contributed by atoms with Gasteiger partial charge in [-0.3, -0.25) is 4.79 Å². The number of nitrogens with one attached hydrogen (secondary N) is 1. The number of rotatable bonds is 5. The van der Waals surface area contributed by atoms with E-state index in [9.17, 15) is 9.59 Å². The molecule has 0 spiro atoms. The lowest BCUT2D eigenvalue weighted by Crippen LogP contribution is -2.36. The van der Waals surface area contributed by atoms with Gasteiger partial charge in [-0.1, -0.05) is 5.16 Å². The van der Waals surface area contributed by atoms with E-state index in [1.54, 1.807) is 0 Å². The fraction of sp³-hybridized carbons (Fsp3) is 0.727. The molecule has 2 unspecified atom stereocenters. The van der Waals surface area contributed by atoms with Crippen LogP contribution in [0.2, 0.25) is 0 Å². The van der Waals surface area contributed by atoms with Crippen molar-refractivity contribution in [3.63, 3.8) is 0 Å². The van der Waals surface area contributed by atoms with E-state index >= 15 is 0 Å². The lowest BCUT2D eigenvalue weighted by atomic mass is 10.1. The molecule has 0 radical (unpaired) electrons. The van der Waals surface area contributed by atoms with Gasteiger partial charge in [-0.2, -0.15) is 0 Å². The standard InChI is InChI=1S/C11H16N2O5/c14-10(9-5-8(11(15)16)13-18-9)12-3-1-7-2-4-17-6-7/h7,9H,1-6H2,(H,12,14)(H,15,16). The molecule has 0 aliphatic carbocycles. The molecule has 0 bridgehead atoms. The molecule has 1 saturated heterocycles. The van der Waals surface area contributed by atoms with E-state index < -0.39 is 12.1 Å². The Labute approximate surface area is 104 Å². The number of amides is 1. The first-order valence-corrected chi connectivity index (χ1v) is 5.98. The topological polar surface area (TPSA) is 97.2 Å². The highest BCUT2D eigenvalue weighted by molar-refractivity contribution is 6.36. The fourth-order valence-corrected chi connectivity index (χ4v) is 1.97. The summed E-state index contributed by atoms with van der Waals surface area (Å²) in [5, 5.41) is 14.8. The summed E-state index contributed by atoms with van der Waals surface area (Å²) in [5.41, 5.74) is -0.112. The molecule has 2 heterocycles. The summed E-state index contributed by atoms with van der Waals surface area (Å²) >= 11 is 0. The van der Waals surface area contributed by atoms with E-state index in [-0.39, 0.29) is 18.0 Å². The summed E-state index contributed by atoms with van der Waals surface area (Å²) in [5.74, 6) is -0.956. The third-order valence-electron chi connectivity index (χ3n) is 3.08. The van der Waals surface area contributed by atoms with Crippen molar-refractivity contribution < 1.29 is 24.3 Å². The Morgan fingerprint density at radius 1 is 1.50 bits per heavy atom. The Bertz CT molecular complexity index is 362. The molecule has 2 atom stereocenters. The zero-order chi connectivity index (χ0) is 13.0. The number of oxime groups is 1. The van der Waals surface area contributed by atoms with Gasteiger partial charge in [-0.25, -0.2) is 4.79 Å². The number of ether oxygens (including phenoxy) is 1. The summed E-state index contributed by atoms with van der Waals surface area (Å²) in [6.07, 6.45) is 1.11. The summed E-state index contributed by atoms with van der Waals surface area (Å²) < 4.78 is 5.23. The third kappa shape index (κ3) is 3.19. The molecule has 18 heavy (non-hydrogen) atoms. The number of hydrogen-bond donors (Lipinski definition) is 2. The van der Waals surface area contributed by atoms with E-state index in [0.717, 1.165) is 26.1 Å². The number of aliphatic carboxylic acids is 1. The minimum Gasteiger partial charge on any atom is -0.477 e. The van der Waals surface area contributed by atoms with Gasteiger partial charge in [0.1, 0.15) is 0 Å². The average molecular weight is 256 g/mol. The maximum Gasteiger partial charge on any atom is 0.353 e. The van der Waals surface area contributed by atoms with Gasteiger partial charge in [0.05, 0.1) is 0 Å². The van der Waals surface area contributed by atoms with Gasteiger partial charge in [0.15, 0.2) is 5.71 Å². The molecule has 2 aliphatic heterocycles. The van der Waals surface area contributed by atoms with Gasteiger partial charge in [-0.15, -0.1) is 0 Å². The Morgan fingerprint density at radius 2 is 2.33 bits per heavy atom. The van der Waals surface area contributed by atoms with Gasteiger partial charge < -0.3 is 20.0 Å². The Hall–Kier alpha value is -1.63. The van der Waals surface area contributed by atoms with Crippen molar-refractivity contribution in [2.75, 3.05) is 19.8 Å². The second-order valence-electron chi connectivity index (χ2n) is 4.45. The predicted molar refractivity (Wildman–Crippen MR) is 61.1 cm³/mol. The molecule has 0 saturated carbocycles. The van der Waals surface area contributed by atoms with Crippen LogP contribution in [0, 0.1) is 5.92 Å². The molecule has 7 nitrogen and oxygen atoms in total. The van der Waals surface area contributed by atoms with Crippen LogP contribution in [0.4, 0.5) is 0 Å². The van der Waals surface area contributed by atoms with Gasteiger partial charge in [-0.05, 0) is 18.8 Å². The molecular formula is C11H16N2O5. The van der Waals surface area contributed by atoms with Gasteiger partial charge in [0.2, 0.25) is 6.10 Å². The Morgan fingerprint density at radius 3 is 2.94 bits per heavy atom. The van der Waals surface area contributed by atoms with Crippen molar-refractivity contribution in [1.82, 2.24) is 5.32 Å². The van der Waals surface area contributed by atoms with Crippen molar-refractivity contribution >= 4 is 17.6 Å². The van der Waals surface area contributed by atoms with Crippen LogP contribution in [0.25, 0.3) is 0 Å². The lowest BCUT2D eigenvalue weighted by molar-refractivity contribution is -0.131. The van der Waals surface area contributed by atoms with E-state index in [4.69, 9.17) is 14.7 Å². The third-order valence-corrected chi connectivity index (χ3v) is 3.08. The zero-order valence-electron chi connectivity index (χ0n) is 9.92. The molecule has 2 N–H and O–H groups in total. The van der Waals surface area contributed by atoms with E-state index in [1.165, 1.54) is 0 Å². The van der Waals surface area contributed by atoms with Crippen LogP contribution < -0.4 is 5.32 Å². The maximum absolute atomic E-state index is 11.7. The smallest absolute Gasteiger partial charge is 0.353 e. The first-order valence-electron chi connectivity index (χ1n) is 5.98. The molecule has 100 valence electrons. The fourth-order valence-electron chi connectivity index (χ4n) is 1.97. The van der Waals surface area contributed by atoms with Crippen LogP contribution in [0.3, 0.4) is 0 Å². The minimum atomic E-state index is -1.14. The molecule has 0 aromatic heterocycles. The molecule has 1 fully saturated rings. The highest BCUT2D eigenvalue weighted by Gasteiger charge is 2.31. The first-order chi connectivity index (χ1) is 8.66. The number of carboxylic acid groups (broad SMARTS) is 1. The number of carboxylic acids is 1. The molecule has 2 rings (SSSR count). The molecule has 7 heteroatoms. The average Bonchev–Trinajstić information content (AvgIpc) is 2.99. The zero-order valence-corrected chi connectivity index (χ0v) is 9.92. The van der Waals surface area contributed by atoms with Gasteiger partial charge >= 0.3 is 5.97 Å². The number of carbonyl (C=O) groups is 2. The van der Waals surface area contributed by atoms with Crippen LogP contribution in [-0.4, -0.2) is 48.6 Å². The number of nitrogens with zero attached hydrogens (tertiary/aromatic N) is 1. The largest absolute Gasteiger partial charge is 0.477 e. The molecule has 0 aromatic carbocycles. The van der Waals surface area contributed by atoms with Crippen LogP contribution in [0.5, 0.6) is 0 Å². The molecule has 0 aromatic rings. The van der Waals surface area contributed by atoms with E-state index in [2.05, 4.69) is 10.5 Å². The second-order valence-corrected chi connectivity index (χ2v) is 4.45. The number of carbonyl (C=O) groups excluding carboxylic acids is 1. The SMILES string of the molecule is O=C(O)C1=NOC(C(=O)NCCC2CCOC2)C1. The van der Waals surface area contributed by atoms with Crippen molar-refractivity contribution in [2.24, 2.45) is 11.1 Å². The van der Waals surface area contributed by atoms with E-state index in [0.29, 0.717) is 12.5 Å². The van der Waals surface area contributed by atoms with Crippen LogP contribution in [0.15, 0.2) is 5.16 Å². The van der Waals surface area contributed by atoms with Crippen molar-refractivity contribution in [2.45, 2.75) is 25.4 Å². The highest BCUT2D eigenvalue weighted by atomic mass is 16.6. The Kier molecular flexibility index (Phi) is 4.14. The van der Waals surface area contributed by atoms with Crippen molar-refractivity contribution in [3.05, 3.63) is 0 Å². The normalized spacial score (nSPS) is 26.6. The highest BCUT2D eigenvalue weighted by Crippen LogP contribution is 2.15. The lowest BCUT2D eigenvalue weighted by Gasteiger charge is -2.11. The molecule has 2 aliphatic rings. The van der Waals surface area contributed by atoms with Gasteiger partial charge in [0.25, 0.3) is 5.91 Å². The summed E-state index contributed by atoms with van der Waals surface area (Å²) in [6.45, 7) is 2.09.